The molecule has 0 aromatic heterocycles. The van der Waals surface area contributed by atoms with E-state index in [1.54, 1.807) is 6.07 Å². The van der Waals surface area contributed by atoms with Gasteiger partial charge in [0.2, 0.25) is 0 Å². The van der Waals surface area contributed by atoms with Crippen LogP contribution in [-0.4, -0.2) is 5.60 Å². The van der Waals surface area contributed by atoms with Gasteiger partial charge < -0.3 is 10.5 Å². The molecule has 1 heterocycles. The van der Waals surface area contributed by atoms with Crippen molar-refractivity contribution in [2.24, 2.45) is 17.6 Å². The molecule has 0 amide bonds. The van der Waals surface area contributed by atoms with Gasteiger partial charge in [0.1, 0.15) is 17.2 Å². The van der Waals surface area contributed by atoms with Crippen LogP contribution < -0.4 is 10.5 Å². The lowest BCUT2D eigenvalue weighted by atomic mass is 9.76. The Morgan fingerprint density at radius 3 is 2.89 bits per heavy atom. The molecule has 1 spiro atoms. The first-order valence-electron chi connectivity index (χ1n) is 6.90. The first-order valence-corrected chi connectivity index (χ1v) is 6.90. The van der Waals surface area contributed by atoms with E-state index in [4.69, 9.17) is 10.5 Å². The van der Waals surface area contributed by atoms with Crippen molar-refractivity contribution in [1.82, 2.24) is 0 Å². The Balaban J connectivity index is 1.74. The quantitative estimate of drug-likeness (QED) is 0.764. The number of rotatable bonds is 0. The molecular weight excluding hydrogens is 229 g/mol. The van der Waals surface area contributed by atoms with Gasteiger partial charge in [-0.25, -0.2) is 4.39 Å². The van der Waals surface area contributed by atoms with Gasteiger partial charge >= 0.3 is 0 Å². The van der Waals surface area contributed by atoms with Gasteiger partial charge in [-0.15, -0.1) is 0 Å². The minimum absolute atomic E-state index is 0.0484. The Hall–Kier alpha value is -1.09. The highest BCUT2D eigenvalue weighted by Gasteiger charge is 2.55. The van der Waals surface area contributed by atoms with Crippen molar-refractivity contribution in [3.05, 3.63) is 29.6 Å². The lowest BCUT2D eigenvalue weighted by molar-refractivity contribution is -0.0142. The Morgan fingerprint density at radius 1 is 1.28 bits per heavy atom. The van der Waals surface area contributed by atoms with Crippen LogP contribution in [0.4, 0.5) is 4.39 Å². The van der Waals surface area contributed by atoms with Gasteiger partial charge in [0.05, 0.1) is 0 Å². The summed E-state index contributed by atoms with van der Waals surface area (Å²) in [5.74, 6) is 2.07. The van der Waals surface area contributed by atoms with E-state index >= 15 is 0 Å². The molecule has 2 nitrogen and oxygen atoms in total. The third kappa shape index (κ3) is 1.37. The van der Waals surface area contributed by atoms with E-state index in [0.717, 1.165) is 30.1 Å². The minimum atomic E-state index is -0.225. The molecule has 18 heavy (non-hydrogen) atoms. The molecule has 2 saturated carbocycles. The van der Waals surface area contributed by atoms with Crippen molar-refractivity contribution in [1.29, 1.82) is 0 Å². The molecular formula is C15H18FNO. The van der Waals surface area contributed by atoms with E-state index in [1.807, 2.05) is 0 Å². The molecule has 2 aliphatic carbocycles. The molecule has 1 aromatic rings. The average Bonchev–Trinajstić information content (AvgIpc) is 2.91. The second-order valence-electron chi connectivity index (χ2n) is 6.24. The Kier molecular flexibility index (Phi) is 2.08. The van der Waals surface area contributed by atoms with E-state index in [2.05, 4.69) is 0 Å². The molecule has 1 aromatic carbocycles. The first-order chi connectivity index (χ1) is 8.66. The number of hydrogen-bond donors (Lipinski definition) is 1. The third-order valence-electron chi connectivity index (χ3n) is 5.17. The van der Waals surface area contributed by atoms with E-state index in [1.165, 1.54) is 31.4 Å². The molecule has 3 aliphatic rings. The first kappa shape index (κ1) is 10.8. The molecule has 2 bridgehead atoms. The number of hydrogen-bond acceptors (Lipinski definition) is 2. The molecule has 4 atom stereocenters. The van der Waals surface area contributed by atoms with Crippen LogP contribution in [0.2, 0.25) is 0 Å². The van der Waals surface area contributed by atoms with Gasteiger partial charge in [0, 0.05) is 18.0 Å². The Morgan fingerprint density at radius 2 is 2.17 bits per heavy atom. The van der Waals surface area contributed by atoms with Crippen molar-refractivity contribution in [2.45, 2.75) is 43.7 Å². The van der Waals surface area contributed by atoms with Crippen molar-refractivity contribution in [3.63, 3.8) is 0 Å². The summed E-state index contributed by atoms with van der Waals surface area (Å²) < 4.78 is 19.6. The zero-order valence-corrected chi connectivity index (χ0v) is 10.4. The van der Waals surface area contributed by atoms with Crippen LogP contribution in [0.1, 0.15) is 43.7 Å². The topological polar surface area (TPSA) is 35.2 Å². The highest BCUT2D eigenvalue weighted by atomic mass is 19.1. The van der Waals surface area contributed by atoms with E-state index in [9.17, 15) is 4.39 Å². The molecule has 2 fully saturated rings. The highest BCUT2D eigenvalue weighted by Crippen LogP contribution is 2.57. The van der Waals surface area contributed by atoms with Gasteiger partial charge in [-0.05, 0) is 55.7 Å². The molecule has 2 N–H and O–H groups in total. The Labute approximate surface area is 106 Å². The van der Waals surface area contributed by atoms with Crippen LogP contribution in [-0.2, 0) is 0 Å². The predicted molar refractivity (Wildman–Crippen MR) is 66.8 cm³/mol. The van der Waals surface area contributed by atoms with Crippen LogP contribution in [0.5, 0.6) is 5.75 Å². The van der Waals surface area contributed by atoms with Crippen molar-refractivity contribution >= 4 is 0 Å². The fourth-order valence-electron chi connectivity index (χ4n) is 4.41. The molecule has 3 heteroatoms. The molecule has 0 saturated heterocycles. The standard InChI is InChI=1S/C15H18FNO/c16-11-3-4-14-12(6-11)13(17)8-15(18-14)7-9-1-2-10(15)5-9/h3-4,6,9-10,13H,1-2,5,7-8,17H2/t9?,10?,13-,15?/m1/s1. The maximum atomic E-state index is 13.3. The Bertz CT molecular complexity index is 503. The maximum absolute atomic E-state index is 13.3. The lowest BCUT2D eigenvalue weighted by Gasteiger charge is -2.44. The normalized spacial score (nSPS) is 40.9. The van der Waals surface area contributed by atoms with Crippen molar-refractivity contribution in [2.75, 3.05) is 0 Å². The van der Waals surface area contributed by atoms with E-state index in [0.29, 0.717) is 5.92 Å². The monoisotopic (exact) mass is 247 g/mol. The summed E-state index contributed by atoms with van der Waals surface area (Å²) in [5.41, 5.74) is 7.04. The number of benzene rings is 1. The molecule has 4 rings (SSSR count). The summed E-state index contributed by atoms with van der Waals surface area (Å²) in [6, 6.07) is 4.67. The van der Waals surface area contributed by atoms with E-state index < -0.39 is 0 Å². The summed E-state index contributed by atoms with van der Waals surface area (Å²) in [6.45, 7) is 0. The van der Waals surface area contributed by atoms with Crippen LogP contribution >= 0.6 is 0 Å². The van der Waals surface area contributed by atoms with Crippen LogP contribution in [0.25, 0.3) is 0 Å². The third-order valence-corrected chi connectivity index (χ3v) is 5.17. The molecule has 1 aliphatic heterocycles. The summed E-state index contributed by atoms with van der Waals surface area (Å²) in [5, 5.41) is 0. The fraction of sp³-hybridized carbons (Fsp3) is 0.600. The van der Waals surface area contributed by atoms with Gasteiger partial charge in [-0.2, -0.15) is 0 Å². The number of ether oxygens (including phenoxy) is 1. The minimum Gasteiger partial charge on any atom is -0.487 e. The molecule has 3 unspecified atom stereocenters. The lowest BCUT2D eigenvalue weighted by Crippen LogP contribution is -2.47. The predicted octanol–water partition coefficient (Wildman–Crippen LogP) is 3.17. The molecule has 0 radical (unpaired) electrons. The van der Waals surface area contributed by atoms with Gasteiger partial charge in [-0.1, -0.05) is 0 Å². The zero-order chi connectivity index (χ0) is 12.3. The van der Waals surface area contributed by atoms with Crippen molar-refractivity contribution in [3.8, 4) is 5.75 Å². The van der Waals surface area contributed by atoms with Gasteiger partial charge in [0.25, 0.3) is 0 Å². The summed E-state index contributed by atoms with van der Waals surface area (Å²) in [7, 11) is 0. The number of fused-ring (bicyclic) bond motifs is 4. The highest BCUT2D eigenvalue weighted by molar-refractivity contribution is 5.40. The fourth-order valence-corrected chi connectivity index (χ4v) is 4.41. The van der Waals surface area contributed by atoms with Crippen LogP contribution in [0.15, 0.2) is 18.2 Å². The van der Waals surface area contributed by atoms with Crippen molar-refractivity contribution < 1.29 is 9.13 Å². The second-order valence-corrected chi connectivity index (χ2v) is 6.24. The number of nitrogens with two attached hydrogens (primary N) is 1. The second kappa shape index (κ2) is 3.47. The number of halogens is 1. The van der Waals surface area contributed by atoms with Gasteiger partial charge in [-0.3, -0.25) is 0 Å². The summed E-state index contributed by atoms with van der Waals surface area (Å²) in [6.07, 6.45) is 5.91. The van der Waals surface area contributed by atoms with E-state index in [-0.39, 0.29) is 17.5 Å². The average molecular weight is 247 g/mol. The summed E-state index contributed by atoms with van der Waals surface area (Å²) >= 11 is 0. The summed E-state index contributed by atoms with van der Waals surface area (Å²) in [4.78, 5) is 0. The SMILES string of the molecule is N[C@@H]1CC2(CC3CCC2C3)Oc2ccc(F)cc21. The molecule has 96 valence electrons. The maximum Gasteiger partial charge on any atom is 0.125 e. The van der Waals surface area contributed by atoms with Crippen LogP contribution in [0, 0.1) is 17.7 Å². The van der Waals surface area contributed by atoms with Crippen LogP contribution in [0.3, 0.4) is 0 Å². The van der Waals surface area contributed by atoms with Gasteiger partial charge in [0.15, 0.2) is 0 Å². The smallest absolute Gasteiger partial charge is 0.125 e. The largest absolute Gasteiger partial charge is 0.487 e. The zero-order valence-electron chi connectivity index (χ0n) is 10.4.